The van der Waals surface area contributed by atoms with E-state index in [1.165, 1.54) is 11.3 Å². The Morgan fingerprint density at radius 3 is 2.40 bits per heavy atom. The van der Waals surface area contributed by atoms with Crippen molar-refractivity contribution in [2.24, 2.45) is 0 Å². The topological polar surface area (TPSA) is 71.2 Å². The van der Waals surface area contributed by atoms with Crippen LogP contribution in [0.1, 0.15) is 51.5 Å². The summed E-state index contributed by atoms with van der Waals surface area (Å²) in [5, 5.41) is 5.01. The number of nitrogens with zero attached hydrogens (tertiary/aromatic N) is 2. The maximum atomic E-state index is 11.8. The molecule has 5 nitrogen and oxygen atoms in total. The third-order valence-corrected chi connectivity index (χ3v) is 3.98. The molecule has 0 aromatic carbocycles. The molecule has 0 aliphatic heterocycles. The second-order valence-electron chi connectivity index (χ2n) is 5.60. The maximum Gasteiger partial charge on any atom is 0.270 e. The number of nitrogen functional groups attached to an aromatic ring is 1. The Hall–Kier alpha value is -1.14. The number of amides is 1. The summed E-state index contributed by atoms with van der Waals surface area (Å²) >= 11 is 1.28. The van der Waals surface area contributed by atoms with Crippen LogP contribution in [0.15, 0.2) is 5.38 Å². The van der Waals surface area contributed by atoms with Gasteiger partial charge in [0.2, 0.25) is 0 Å². The van der Waals surface area contributed by atoms with Gasteiger partial charge < -0.3 is 11.1 Å². The number of hydrogen-bond donors (Lipinski definition) is 2. The Bertz CT molecular complexity index is 423. The van der Waals surface area contributed by atoms with Gasteiger partial charge in [0, 0.05) is 30.1 Å². The fourth-order valence-electron chi connectivity index (χ4n) is 2.64. The van der Waals surface area contributed by atoms with Crippen LogP contribution in [-0.4, -0.2) is 40.5 Å². The molecule has 3 N–H and O–H groups in total. The summed E-state index contributed by atoms with van der Waals surface area (Å²) in [5.41, 5.74) is 5.93. The van der Waals surface area contributed by atoms with E-state index >= 15 is 0 Å². The molecule has 0 fully saturated rings. The third kappa shape index (κ3) is 4.76. The number of rotatable bonds is 7. The Balaban J connectivity index is 2.41. The monoisotopic (exact) mass is 298 g/mol. The number of thiazole rings is 1. The first kappa shape index (κ1) is 16.9. The molecule has 0 aliphatic carbocycles. The van der Waals surface area contributed by atoms with E-state index in [2.05, 4.69) is 49.8 Å². The van der Waals surface area contributed by atoms with Crippen molar-refractivity contribution in [3.8, 4) is 0 Å². The quantitative estimate of drug-likeness (QED) is 0.810. The van der Waals surface area contributed by atoms with E-state index in [-0.39, 0.29) is 5.91 Å². The summed E-state index contributed by atoms with van der Waals surface area (Å²) in [7, 11) is 0. The van der Waals surface area contributed by atoms with Crippen LogP contribution in [0, 0.1) is 0 Å². The number of hydrogen-bond acceptors (Lipinski definition) is 5. The number of carbonyl (C=O) groups is 1. The lowest BCUT2D eigenvalue weighted by Crippen LogP contribution is -2.45. The molecule has 114 valence electrons. The van der Waals surface area contributed by atoms with Gasteiger partial charge >= 0.3 is 0 Å². The van der Waals surface area contributed by atoms with E-state index in [1.807, 2.05) is 0 Å². The van der Waals surface area contributed by atoms with Crippen LogP contribution >= 0.6 is 11.3 Å². The van der Waals surface area contributed by atoms with Crippen molar-refractivity contribution in [1.29, 1.82) is 0 Å². The second-order valence-corrected chi connectivity index (χ2v) is 6.49. The molecule has 0 aliphatic rings. The first-order chi connectivity index (χ1) is 9.32. The number of aromatic nitrogens is 1. The summed E-state index contributed by atoms with van der Waals surface area (Å²) in [6, 6.07) is 1.42. The highest BCUT2D eigenvalue weighted by Crippen LogP contribution is 2.13. The standard InChI is InChI=1S/C14H26N4OS/c1-9(2)18(10(3)4)11(5)6-7-16-13(19)12-8-20-14(15)17-12/h8-11H,6-7H2,1-5H3,(H2,15,17)(H,16,19). The minimum absolute atomic E-state index is 0.147. The minimum Gasteiger partial charge on any atom is -0.375 e. The molecule has 1 amide bonds. The van der Waals surface area contributed by atoms with E-state index in [9.17, 15) is 4.79 Å². The maximum absolute atomic E-state index is 11.8. The summed E-state index contributed by atoms with van der Waals surface area (Å²) < 4.78 is 0. The summed E-state index contributed by atoms with van der Waals surface area (Å²) in [4.78, 5) is 18.3. The van der Waals surface area contributed by atoms with Crippen molar-refractivity contribution in [3.05, 3.63) is 11.1 Å². The van der Waals surface area contributed by atoms with Crippen molar-refractivity contribution >= 4 is 22.4 Å². The number of nitrogens with one attached hydrogen (secondary N) is 1. The molecular weight excluding hydrogens is 272 g/mol. The average Bonchev–Trinajstić information content (AvgIpc) is 2.74. The van der Waals surface area contributed by atoms with Gasteiger partial charge in [0.05, 0.1) is 0 Å². The molecule has 1 rings (SSSR count). The molecule has 1 heterocycles. The van der Waals surface area contributed by atoms with Crippen LogP contribution in [0.4, 0.5) is 5.13 Å². The highest BCUT2D eigenvalue weighted by molar-refractivity contribution is 7.13. The first-order valence-corrected chi connectivity index (χ1v) is 7.97. The van der Waals surface area contributed by atoms with Gasteiger partial charge in [0.1, 0.15) is 5.69 Å². The largest absolute Gasteiger partial charge is 0.375 e. The summed E-state index contributed by atoms with van der Waals surface area (Å²) in [5.74, 6) is -0.147. The highest BCUT2D eigenvalue weighted by Gasteiger charge is 2.20. The van der Waals surface area contributed by atoms with Gasteiger partial charge in [0.25, 0.3) is 5.91 Å². The van der Waals surface area contributed by atoms with Crippen LogP contribution in [0.3, 0.4) is 0 Å². The molecule has 1 atom stereocenters. The number of nitrogens with two attached hydrogens (primary N) is 1. The zero-order valence-corrected chi connectivity index (χ0v) is 13.8. The number of anilines is 1. The first-order valence-electron chi connectivity index (χ1n) is 7.09. The molecule has 0 spiro atoms. The Labute approximate surface area is 125 Å². The average molecular weight is 298 g/mol. The van der Waals surface area contributed by atoms with Crippen LogP contribution in [-0.2, 0) is 0 Å². The van der Waals surface area contributed by atoms with Gasteiger partial charge in [-0.3, -0.25) is 9.69 Å². The van der Waals surface area contributed by atoms with Gasteiger partial charge in [-0.1, -0.05) is 0 Å². The van der Waals surface area contributed by atoms with E-state index in [0.717, 1.165) is 6.42 Å². The molecule has 0 bridgehead atoms. The second kappa shape index (κ2) is 7.59. The predicted molar refractivity (Wildman–Crippen MR) is 85.0 cm³/mol. The molecule has 6 heteroatoms. The molecule has 20 heavy (non-hydrogen) atoms. The Morgan fingerprint density at radius 1 is 1.35 bits per heavy atom. The zero-order chi connectivity index (χ0) is 15.3. The van der Waals surface area contributed by atoms with Crippen molar-refractivity contribution in [2.45, 2.75) is 59.2 Å². The SMILES string of the molecule is CC(C)N(C(C)C)C(C)CCNC(=O)c1csc(N)n1. The molecule has 0 radical (unpaired) electrons. The van der Waals surface area contributed by atoms with Crippen LogP contribution in [0.25, 0.3) is 0 Å². The molecule has 1 aromatic rings. The predicted octanol–water partition coefficient (Wildman–Crippen LogP) is 2.35. The zero-order valence-electron chi connectivity index (χ0n) is 13.0. The molecule has 0 saturated heterocycles. The van der Waals surface area contributed by atoms with Gasteiger partial charge in [-0.15, -0.1) is 11.3 Å². The fourth-order valence-corrected chi connectivity index (χ4v) is 3.18. The van der Waals surface area contributed by atoms with E-state index in [1.54, 1.807) is 5.38 Å². The van der Waals surface area contributed by atoms with Gasteiger partial charge in [-0.05, 0) is 41.0 Å². The lowest BCUT2D eigenvalue weighted by Gasteiger charge is -2.36. The van der Waals surface area contributed by atoms with E-state index in [0.29, 0.717) is 35.5 Å². The van der Waals surface area contributed by atoms with Gasteiger partial charge in [-0.2, -0.15) is 0 Å². The van der Waals surface area contributed by atoms with Crippen LogP contribution < -0.4 is 11.1 Å². The molecule has 0 saturated carbocycles. The lowest BCUT2D eigenvalue weighted by molar-refractivity contribution is 0.0929. The lowest BCUT2D eigenvalue weighted by atomic mass is 10.1. The Morgan fingerprint density at radius 2 is 1.95 bits per heavy atom. The molecule has 1 aromatic heterocycles. The number of carbonyl (C=O) groups excluding carboxylic acids is 1. The molecular formula is C14H26N4OS. The smallest absolute Gasteiger partial charge is 0.270 e. The normalized spacial score (nSPS) is 13.2. The van der Waals surface area contributed by atoms with Crippen LogP contribution in [0.5, 0.6) is 0 Å². The summed E-state index contributed by atoms with van der Waals surface area (Å²) in [6.45, 7) is 11.7. The van der Waals surface area contributed by atoms with Gasteiger partial charge in [0.15, 0.2) is 5.13 Å². The van der Waals surface area contributed by atoms with Gasteiger partial charge in [-0.25, -0.2) is 4.98 Å². The van der Waals surface area contributed by atoms with E-state index in [4.69, 9.17) is 5.73 Å². The van der Waals surface area contributed by atoms with Crippen LogP contribution in [0.2, 0.25) is 0 Å². The fraction of sp³-hybridized carbons (Fsp3) is 0.714. The van der Waals surface area contributed by atoms with Crippen molar-refractivity contribution < 1.29 is 4.79 Å². The third-order valence-electron chi connectivity index (χ3n) is 3.30. The van der Waals surface area contributed by atoms with Crippen molar-refractivity contribution in [2.75, 3.05) is 12.3 Å². The molecule has 1 unspecified atom stereocenters. The minimum atomic E-state index is -0.147. The summed E-state index contributed by atoms with van der Waals surface area (Å²) in [6.07, 6.45) is 0.918. The van der Waals surface area contributed by atoms with Crippen molar-refractivity contribution in [1.82, 2.24) is 15.2 Å². The van der Waals surface area contributed by atoms with Crippen molar-refractivity contribution in [3.63, 3.8) is 0 Å². The highest BCUT2D eigenvalue weighted by atomic mass is 32.1. The Kier molecular flexibility index (Phi) is 6.42. The van der Waals surface area contributed by atoms with E-state index < -0.39 is 0 Å².